The fourth-order valence-corrected chi connectivity index (χ4v) is 4.25. The second-order valence-electron chi connectivity index (χ2n) is 8.38. The number of carbonyl (C=O) groups is 1. The highest BCUT2D eigenvalue weighted by atomic mass is 79.9. The van der Waals surface area contributed by atoms with Gasteiger partial charge in [-0.1, -0.05) is 60.7 Å². The van der Waals surface area contributed by atoms with Gasteiger partial charge in [0.05, 0.1) is 18.2 Å². The van der Waals surface area contributed by atoms with Crippen molar-refractivity contribution >= 4 is 33.7 Å². The third kappa shape index (κ3) is 6.31. The van der Waals surface area contributed by atoms with Crippen LogP contribution in [-0.2, 0) is 17.0 Å². The number of aliphatic hydroxyl groups is 1. The molecule has 0 atom stereocenters. The molecule has 1 amide bonds. The molecule has 0 aromatic heterocycles. The number of non-ortho nitro benzene ring substituents is 1. The quantitative estimate of drug-likeness (QED) is 0.146. The smallest absolute Gasteiger partial charge is 0.281 e. The van der Waals surface area contributed by atoms with Crippen LogP contribution in [0.2, 0.25) is 0 Å². The van der Waals surface area contributed by atoms with Gasteiger partial charge in [-0.05, 0) is 56.9 Å². The Hall–Kier alpha value is -4.54. The zero-order chi connectivity index (χ0) is 27.8. The molecule has 4 rings (SSSR count). The van der Waals surface area contributed by atoms with Gasteiger partial charge in [-0.25, -0.2) is 5.43 Å². The van der Waals surface area contributed by atoms with Crippen LogP contribution < -0.4 is 14.9 Å². The molecule has 0 heterocycles. The molecule has 39 heavy (non-hydrogen) atoms. The summed E-state index contributed by atoms with van der Waals surface area (Å²) >= 11 is 3.48. The Balaban J connectivity index is 1.50. The Labute approximate surface area is 233 Å². The van der Waals surface area contributed by atoms with E-state index in [1.54, 1.807) is 84.9 Å². The zero-order valence-corrected chi connectivity index (χ0v) is 22.4. The molecule has 0 aliphatic rings. The van der Waals surface area contributed by atoms with Gasteiger partial charge >= 0.3 is 0 Å². The fourth-order valence-electron chi connectivity index (χ4n) is 3.83. The van der Waals surface area contributed by atoms with E-state index >= 15 is 0 Å². The third-order valence-electron chi connectivity index (χ3n) is 5.91. The average Bonchev–Trinajstić information content (AvgIpc) is 2.97. The Kier molecular flexibility index (Phi) is 8.70. The Morgan fingerprint density at radius 1 is 1.00 bits per heavy atom. The fraction of sp³-hybridized carbons (Fsp3) is 0.103. The molecule has 0 saturated heterocycles. The number of nitrogens with zero attached hydrogens (tertiary/aromatic N) is 2. The first-order valence-electron chi connectivity index (χ1n) is 11.7. The molecule has 0 fully saturated rings. The van der Waals surface area contributed by atoms with E-state index in [9.17, 15) is 20.0 Å². The summed E-state index contributed by atoms with van der Waals surface area (Å²) in [6, 6.07) is 26.7. The minimum Gasteiger partial charge on any atom is -0.493 e. The summed E-state index contributed by atoms with van der Waals surface area (Å²) in [6.07, 6.45) is 1.42. The lowest BCUT2D eigenvalue weighted by Crippen LogP contribution is -2.43. The standard InChI is InChI=1S/C29H24BrN3O6/c1-38-26-16-21(25(30)17-27(26)39-19-20-12-14-24(15-13-20)33(36)37)18-31-32-28(34)29(35,22-8-4-2-5-9-22)23-10-6-3-7-11-23/h2-18,35H,19H2,1H3,(H,32,34)/b31-18-. The van der Waals surface area contributed by atoms with Crippen LogP contribution in [0.25, 0.3) is 0 Å². The normalized spacial score (nSPS) is 11.3. The van der Waals surface area contributed by atoms with Crippen molar-refractivity contribution < 1.29 is 24.3 Å². The van der Waals surface area contributed by atoms with Gasteiger partial charge in [0.1, 0.15) is 6.61 Å². The monoisotopic (exact) mass is 589 g/mol. The number of nitro groups is 1. The number of nitro benzene ring substituents is 1. The summed E-state index contributed by atoms with van der Waals surface area (Å²) in [7, 11) is 1.49. The molecule has 0 unspecified atom stereocenters. The number of benzene rings is 4. The van der Waals surface area contributed by atoms with Gasteiger partial charge in [-0.15, -0.1) is 0 Å². The second-order valence-corrected chi connectivity index (χ2v) is 9.23. The van der Waals surface area contributed by atoms with Crippen molar-refractivity contribution in [1.82, 2.24) is 5.43 Å². The van der Waals surface area contributed by atoms with Crippen LogP contribution in [0.1, 0.15) is 22.3 Å². The molecule has 0 spiro atoms. The van der Waals surface area contributed by atoms with E-state index in [2.05, 4.69) is 26.5 Å². The van der Waals surface area contributed by atoms with Gasteiger partial charge in [0.2, 0.25) is 0 Å². The van der Waals surface area contributed by atoms with E-state index in [-0.39, 0.29) is 12.3 Å². The summed E-state index contributed by atoms with van der Waals surface area (Å²) in [5.74, 6) is 0.131. The molecular weight excluding hydrogens is 566 g/mol. The molecule has 4 aromatic rings. The predicted molar refractivity (Wildman–Crippen MR) is 150 cm³/mol. The Morgan fingerprint density at radius 2 is 1.59 bits per heavy atom. The largest absolute Gasteiger partial charge is 0.493 e. The lowest BCUT2D eigenvalue weighted by atomic mass is 9.85. The maximum absolute atomic E-state index is 13.2. The van der Waals surface area contributed by atoms with E-state index in [1.165, 1.54) is 25.5 Å². The van der Waals surface area contributed by atoms with Crippen molar-refractivity contribution in [2.75, 3.05) is 7.11 Å². The van der Waals surface area contributed by atoms with Crippen molar-refractivity contribution in [2.45, 2.75) is 12.2 Å². The third-order valence-corrected chi connectivity index (χ3v) is 6.59. The highest BCUT2D eigenvalue weighted by molar-refractivity contribution is 9.10. The maximum atomic E-state index is 13.2. The first-order valence-corrected chi connectivity index (χ1v) is 12.5. The number of hydrazone groups is 1. The van der Waals surface area contributed by atoms with Gasteiger partial charge in [0.15, 0.2) is 17.1 Å². The van der Waals surface area contributed by atoms with Crippen LogP contribution >= 0.6 is 15.9 Å². The molecular formula is C29H24BrN3O6. The number of ether oxygens (including phenoxy) is 2. The number of halogens is 1. The molecule has 0 aliphatic carbocycles. The van der Waals surface area contributed by atoms with Crippen molar-refractivity contribution in [3.05, 3.63) is 134 Å². The molecule has 0 radical (unpaired) electrons. The maximum Gasteiger partial charge on any atom is 0.281 e. The molecule has 0 saturated carbocycles. The van der Waals surface area contributed by atoms with Crippen molar-refractivity contribution in [1.29, 1.82) is 0 Å². The van der Waals surface area contributed by atoms with Crippen LogP contribution in [0.15, 0.2) is 107 Å². The van der Waals surface area contributed by atoms with E-state index in [4.69, 9.17) is 9.47 Å². The molecule has 0 aliphatic heterocycles. The number of carbonyl (C=O) groups excluding carboxylic acids is 1. The van der Waals surface area contributed by atoms with Crippen LogP contribution in [0.5, 0.6) is 11.5 Å². The van der Waals surface area contributed by atoms with Crippen LogP contribution in [0.4, 0.5) is 5.69 Å². The Bertz CT molecular complexity index is 1440. The molecule has 10 heteroatoms. The molecule has 9 nitrogen and oxygen atoms in total. The highest BCUT2D eigenvalue weighted by Crippen LogP contribution is 2.34. The number of hydrogen-bond donors (Lipinski definition) is 2. The summed E-state index contributed by atoms with van der Waals surface area (Å²) in [5.41, 5.74) is 2.63. The molecule has 2 N–H and O–H groups in total. The van der Waals surface area contributed by atoms with Gasteiger partial charge in [-0.3, -0.25) is 14.9 Å². The first kappa shape index (κ1) is 27.5. The summed E-state index contributed by atoms with van der Waals surface area (Å²) in [6.45, 7) is 0.168. The number of amides is 1. The second kappa shape index (κ2) is 12.3. The molecule has 4 aromatic carbocycles. The minimum atomic E-state index is -1.95. The number of hydrogen-bond acceptors (Lipinski definition) is 7. The van der Waals surface area contributed by atoms with Gasteiger partial charge in [0.25, 0.3) is 11.6 Å². The van der Waals surface area contributed by atoms with E-state index in [0.29, 0.717) is 32.7 Å². The van der Waals surface area contributed by atoms with E-state index in [0.717, 1.165) is 5.56 Å². The highest BCUT2D eigenvalue weighted by Gasteiger charge is 2.39. The van der Waals surface area contributed by atoms with Gasteiger partial charge in [0, 0.05) is 22.2 Å². The summed E-state index contributed by atoms with van der Waals surface area (Å²) in [5, 5.41) is 26.4. The minimum absolute atomic E-state index is 0.000725. The van der Waals surface area contributed by atoms with Gasteiger partial charge in [-0.2, -0.15) is 5.10 Å². The Morgan fingerprint density at radius 3 is 2.13 bits per heavy atom. The molecule has 0 bridgehead atoms. The van der Waals surface area contributed by atoms with Crippen LogP contribution in [0.3, 0.4) is 0 Å². The van der Waals surface area contributed by atoms with Crippen molar-refractivity contribution in [3.8, 4) is 11.5 Å². The predicted octanol–water partition coefficient (Wildman–Crippen LogP) is 5.33. The molecule has 198 valence electrons. The van der Waals surface area contributed by atoms with Gasteiger partial charge < -0.3 is 14.6 Å². The van der Waals surface area contributed by atoms with E-state index in [1.807, 2.05) is 0 Å². The lowest BCUT2D eigenvalue weighted by Gasteiger charge is -2.27. The summed E-state index contributed by atoms with van der Waals surface area (Å²) < 4.78 is 11.9. The van der Waals surface area contributed by atoms with Crippen molar-refractivity contribution in [2.24, 2.45) is 5.10 Å². The van der Waals surface area contributed by atoms with E-state index < -0.39 is 16.4 Å². The topological polar surface area (TPSA) is 123 Å². The number of rotatable bonds is 10. The lowest BCUT2D eigenvalue weighted by molar-refractivity contribution is -0.384. The average molecular weight is 590 g/mol. The summed E-state index contributed by atoms with van der Waals surface area (Å²) in [4.78, 5) is 23.6. The SMILES string of the molecule is COc1cc(/C=N\NC(=O)C(O)(c2ccccc2)c2ccccc2)c(Br)cc1OCc1ccc([N+](=O)[O-])cc1. The van der Waals surface area contributed by atoms with Crippen LogP contribution in [0, 0.1) is 10.1 Å². The zero-order valence-electron chi connectivity index (χ0n) is 20.8. The number of nitrogens with one attached hydrogen (secondary N) is 1. The number of methoxy groups -OCH3 is 1. The van der Waals surface area contributed by atoms with Crippen molar-refractivity contribution in [3.63, 3.8) is 0 Å². The first-order chi connectivity index (χ1) is 18.8. The van der Waals surface area contributed by atoms with Crippen LogP contribution in [-0.4, -0.2) is 29.3 Å².